The summed E-state index contributed by atoms with van der Waals surface area (Å²) < 4.78 is 0. The highest BCUT2D eigenvalue weighted by molar-refractivity contribution is 4.82. The van der Waals surface area contributed by atoms with E-state index in [2.05, 4.69) is 43.2 Å². The molecule has 0 saturated heterocycles. The second-order valence-corrected chi connectivity index (χ2v) is 6.52. The molecule has 0 aliphatic heterocycles. The molecule has 0 aromatic carbocycles. The molecule has 0 amide bonds. The molecule has 1 fully saturated rings. The average Bonchev–Trinajstić information content (AvgIpc) is 2.37. The third-order valence-corrected chi connectivity index (χ3v) is 4.26. The summed E-state index contributed by atoms with van der Waals surface area (Å²) in [5, 5.41) is 3.77. The second kappa shape index (κ2) is 9.73. The van der Waals surface area contributed by atoms with Gasteiger partial charge in [-0.05, 0) is 72.4 Å². The van der Waals surface area contributed by atoms with Crippen LogP contribution in [0.15, 0.2) is 0 Å². The largest absolute Gasteiger partial charge is 0.314 e. The van der Waals surface area contributed by atoms with Crippen molar-refractivity contribution in [2.24, 2.45) is 5.92 Å². The Kier molecular flexibility index (Phi) is 8.67. The molecule has 1 rings (SSSR count). The minimum Gasteiger partial charge on any atom is -0.314 e. The summed E-state index contributed by atoms with van der Waals surface area (Å²) in [7, 11) is 6.61. The van der Waals surface area contributed by atoms with Crippen LogP contribution >= 0.6 is 0 Å². The standard InChI is InChI=1S/C16H35N3/c1-5-11-17-16-10-7-6-9-15(16)14-19(4)13-8-12-18(2)3/h15-17H,5-14H2,1-4H3. The molecule has 1 saturated carbocycles. The van der Waals surface area contributed by atoms with Crippen molar-refractivity contribution in [2.75, 3.05) is 47.3 Å². The van der Waals surface area contributed by atoms with Crippen LogP contribution in [0.1, 0.15) is 45.4 Å². The second-order valence-electron chi connectivity index (χ2n) is 6.52. The van der Waals surface area contributed by atoms with Crippen LogP contribution in [0.4, 0.5) is 0 Å². The lowest BCUT2D eigenvalue weighted by atomic mass is 9.84. The third-order valence-electron chi connectivity index (χ3n) is 4.26. The van der Waals surface area contributed by atoms with Gasteiger partial charge in [0.25, 0.3) is 0 Å². The number of nitrogens with one attached hydrogen (secondary N) is 1. The smallest absolute Gasteiger partial charge is 0.0107 e. The van der Waals surface area contributed by atoms with Crippen molar-refractivity contribution in [1.82, 2.24) is 15.1 Å². The van der Waals surface area contributed by atoms with E-state index in [1.807, 2.05) is 0 Å². The zero-order chi connectivity index (χ0) is 14.1. The molecule has 114 valence electrons. The summed E-state index contributed by atoms with van der Waals surface area (Å²) in [6.07, 6.45) is 8.18. The van der Waals surface area contributed by atoms with Crippen LogP contribution in [0.25, 0.3) is 0 Å². The highest BCUT2D eigenvalue weighted by atomic mass is 15.1. The molecule has 1 aliphatic carbocycles. The average molecular weight is 269 g/mol. The molecule has 2 atom stereocenters. The van der Waals surface area contributed by atoms with Gasteiger partial charge in [0.15, 0.2) is 0 Å². The molecule has 3 heteroatoms. The van der Waals surface area contributed by atoms with Crippen molar-refractivity contribution in [3.63, 3.8) is 0 Å². The predicted octanol–water partition coefficient (Wildman–Crippen LogP) is 2.43. The lowest BCUT2D eigenvalue weighted by Crippen LogP contribution is -2.44. The Morgan fingerprint density at radius 3 is 2.47 bits per heavy atom. The van der Waals surface area contributed by atoms with Gasteiger partial charge >= 0.3 is 0 Å². The van der Waals surface area contributed by atoms with Gasteiger partial charge in [-0.2, -0.15) is 0 Å². The van der Waals surface area contributed by atoms with Crippen molar-refractivity contribution >= 4 is 0 Å². The first kappa shape index (κ1) is 16.9. The summed E-state index contributed by atoms with van der Waals surface area (Å²) in [6.45, 7) is 7.15. The van der Waals surface area contributed by atoms with Crippen LogP contribution in [0.2, 0.25) is 0 Å². The van der Waals surface area contributed by atoms with E-state index in [1.54, 1.807) is 0 Å². The van der Waals surface area contributed by atoms with Gasteiger partial charge in [-0.15, -0.1) is 0 Å². The monoisotopic (exact) mass is 269 g/mol. The Bertz CT molecular complexity index is 218. The molecule has 0 aromatic rings. The van der Waals surface area contributed by atoms with E-state index in [4.69, 9.17) is 0 Å². The molecule has 0 bridgehead atoms. The zero-order valence-electron chi connectivity index (χ0n) is 13.6. The Labute approximate surface area is 120 Å². The Morgan fingerprint density at radius 2 is 1.79 bits per heavy atom. The molecular formula is C16H35N3. The van der Waals surface area contributed by atoms with Gasteiger partial charge in [0.2, 0.25) is 0 Å². The maximum absolute atomic E-state index is 3.77. The van der Waals surface area contributed by atoms with Gasteiger partial charge in [0.1, 0.15) is 0 Å². The molecule has 0 heterocycles. The van der Waals surface area contributed by atoms with E-state index >= 15 is 0 Å². The van der Waals surface area contributed by atoms with E-state index < -0.39 is 0 Å². The zero-order valence-corrected chi connectivity index (χ0v) is 13.6. The van der Waals surface area contributed by atoms with Gasteiger partial charge in [-0.3, -0.25) is 0 Å². The van der Waals surface area contributed by atoms with Gasteiger partial charge in [0.05, 0.1) is 0 Å². The molecule has 1 aliphatic rings. The van der Waals surface area contributed by atoms with Crippen molar-refractivity contribution in [2.45, 2.75) is 51.5 Å². The molecular weight excluding hydrogens is 234 g/mol. The van der Waals surface area contributed by atoms with Crippen LogP contribution in [0.3, 0.4) is 0 Å². The van der Waals surface area contributed by atoms with Gasteiger partial charge < -0.3 is 15.1 Å². The fraction of sp³-hybridized carbons (Fsp3) is 1.00. The van der Waals surface area contributed by atoms with E-state index in [0.29, 0.717) is 0 Å². The highest BCUT2D eigenvalue weighted by Gasteiger charge is 2.25. The van der Waals surface area contributed by atoms with Gasteiger partial charge in [-0.25, -0.2) is 0 Å². The van der Waals surface area contributed by atoms with Crippen LogP contribution in [0, 0.1) is 5.92 Å². The summed E-state index contributed by atoms with van der Waals surface area (Å²) >= 11 is 0. The molecule has 2 unspecified atom stereocenters. The SMILES string of the molecule is CCCNC1CCCCC1CN(C)CCCN(C)C. The predicted molar refractivity (Wildman–Crippen MR) is 84.7 cm³/mol. The highest BCUT2D eigenvalue weighted by Crippen LogP contribution is 2.25. The number of nitrogens with zero attached hydrogens (tertiary/aromatic N) is 2. The van der Waals surface area contributed by atoms with Crippen LogP contribution < -0.4 is 5.32 Å². The first-order valence-corrected chi connectivity index (χ1v) is 8.20. The van der Waals surface area contributed by atoms with Crippen molar-refractivity contribution in [3.8, 4) is 0 Å². The fourth-order valence-corrected chi connectivity index (χ4v) is 3.17. The molecule has 0 radical (unpaired) electrons. The Balaban J connectivity index is 2.26. The number of hydrogen-bond donors (Lipinski definition) is 1. The molecule has 3 nitrogen and oxygen atoms in total. The lowest BCUT2D eigenvalue weighted by molar-refractivity contribution is 0.185. The summed E-state index contributed by atoms with van der Waals surface area (Å²) in [5.74, 6) is 0.865. The number of hydrogen-bond acceptors (Lipinski definition) is 3. The molecule has 1 N–H and O–H groups in total. The number of rotatable bonds is 9. The van der Waals surface area contributed by atoms with Crippen LogP contribution in [-0.2, 0) is 0 Å². The summed E-state index contributed by atoms with van der Waals surface area (Å²) in [4.78, 5) is 4.82. The Hall–Kier alpha value is -0.120. The molecule has 19 heavy (non-hydrogen) atoms. The van der Waals surface area contributed by atoms with Gasteiger partial charge in [-0.1, -0.05) is 19.8 Å². The lowest BCUT2D eigenvalue weighted by Gasteiger charge is -2.35. The summed E-state index contributed by atoms with van der Waals surface area (Å²) in [6, 6.07) is 0.769. The molecule has 0 aromatic heterocycles. The quantitative estimate of drug-likeness (QED) is 0.693. The minimum atomic E-state index is 0.769. The third kappa shape index (κ3) is 7.28. The van der Waals surface area contributed by atoms with Crippen molar-refractivity contribution in [1.29, 1.82) is 0 Å². The van der Waals surface area contributed by atoms with Crippen LogP contribution in [0.5, 0.6) is 0 Å². The van der Waals surface area contributed by atoms with E-state index in [9.17, 15) is 0 Å². The summed E-state index contributed by atoms with van der Waals surface area (Å²) in [5.41, 5.74) is 0. The van der Waals surface area contributed by atoms with Crippen molar-refractivity contribution in [3.05, 3.63) is 0 Å². The first-order chi connectivity index (χ1) is 9.13. The van der Waals surface area contributed by atoms with Gasteiger partial charge in [0, 0.05) is 12.6 Å². The minimum absolute atomic E-state index is 0.769. The van der Waals surface area contributed by atoms with Crippen LogP contribution in [-0.4, -0.2) is 63.2 Å². The first-order valence-electron chi connectivity index (χ1n) is 8.20. The maximum Gasteiger partial charge on any atom is 0.0107 e. The van der Waals surface area contributed by atoms with E-state index in [0.717, 1.165) is 12.0 Å². The Morgan fingerprint density at radius 1 is 1.05 bits per heavy atom. The molecule has 0 spiro atoms. The maximum atomic E-state index is 3.77. The van der Waals surface area contributed by atoms with Crippen molar-refractivity contribution < 1.29 is 0 Å². The normalized spacial score (nSPS) is 24.3. The topological polar surface area (TPSA) is 18.5 Å². The fourth-order valence-electron chi connectivity index (χ4n) is 3.17. The van der Waals surface area contributed by atoms with E-state index in [-0.39, 0.29) is 0 Å². The van der Waals surface area contributed by atoms with E-state index in [1.165, 1.54) is 64.7 Å².